The molecular formula is C20H32O3. The summed E-state index contributed by atoms with van der Waals surface area (Å²) in [5.41, 5.74) is -0.472. The number of carbonyl (C=O) groups excluding carboxylic acids is 1. The van der Waals surface area contributed by atoms with Crippen molar-refractivity contribution < 1.29 is 15.0 Å². The van der Waals surface area contributed by atoms with Gasteiger partial charge in [0.2, 0.25) is 0 Å². The van der Waals surface area contributed by atoms with Crippen LogP contribution in [0, 0.1) is 34.5 Å². The second-order valence-corrected chi connectivity index (χ2v) is 9.53. The number of hydrogen-bond acceptors (Lipinski definition) is 3. The summed E-state index contributed by atoms with van der Waals surface area (Å²) >= 11 is 0. The van der Waals surface area contributed by atoms with Gasteiger partial charge in [-0.25, -0.2) is 0 Å². The van der Waals surface area contributed by atoms with Crippen molar-refractivity contribution >= 4 is 5.78 Å². The molecule has 4 aliphatic carbocycles. The van der Waals surface area contributed by atoms with Crippen molar-refractivity contribution in [2.45, 2.75) is 77.2 Å². The highest BCUT2D eigenvalue weighted by atomic mass is 16.3. The molecule has 3 heteroatoms. The van der Waals surface area contributed by atoms with E-state index in [2.05, 4.69) is 13.8 Å². The molecule has 0 aromatic carbocycles. The van der Waals surface area contributed by atoms with Gasteiger partial charge in [-0.05, 0) is 74.0 Å². The van der Waals surface area contributed by atoms with Gasteiger partial charge in [-0.2, -0.15) is 0 Å². The average molecular weight is 320 g/mol. The Morgan fingerprint density at radius 1 is 1.04 bits per heavy atom. The third kappa shape index (κ3) is 1.93. The summed E-state index contributed by atoms with van der Waals surface area (Å²) in [6, 6.07) is 0. The van der Waals surface area contributed by atoms with E-state index in [-0.39, 0.29) is 23.4 Å². The van der Waals surface area contributed by atoms with Gasteiger partial charge in [0, 0.05) is 24.9 Å². The first-order valence-electron chi connectivity index (χ1n) is 9.70. The molecule has 0 aliphatic heterocycles. The first-order valence-corrected chi connectivity index (χ1v) is 9.70. The molecule has 0 heterocycles. The zero-order chi connectivity index (χ0) is 16.5. The molecule has 4 aliphatic rings. The summed E-state index contributed by atoms with van der Waals surface area (Å²) in [5.74, 6) is 2.17. The van der Waals surface area contributed by atoms with Gasteiger partial charge in [0.05, 0.1) is 5.60 Å². The zero-order valence-corrected chi connectivity index (χ0v) is 14.7. The molecule has 0 bridgehead atoms. The summed E-state index contributed by atoms with van der Waals surface area (Å²) < 4.78 is 0. The number of fused-ring (bicyclic) bond motifs is 5. The maximum atomic E-state index is 11.9. The minimum atomic E-state index is -0.598. The largest absolute Gasteiger partial charge is 0.396 e. The lowest BCUT2D eigenvalue weighted by atomic mass is 9.43. The zero-order valence-electron chi connectivity index (χ0n) is 14.7. The summed E-state index contributed by atoms with van der Waals surface area (Å²) in [4.78, 5) is 11.9. The van der Waals surface area contributed by atoms with Crippen LogP contribution in [0.4, 0.5) is 0 Å². The van der Waals surface area contributed by atoms with Crippen molar-refractivity contribution in [1.29, 1.82) is 0 Å². The Labute approximate surface area is 139 Å². The molecule has 0 unspecified atom stereocenters. The maximum absolute atomic E-state index is 11.9. The number of aliphatic hydroxyl groups is 2. The molecule has 4 rings (SSSR count). The first kappa shape index (κ1) is 16.1. The van der Waals surface area contributed by atoms with Crippen LogP contribution in [0.1, 0.15) is 71.6 Å². The Morgan fingerprint density at radius 3 is 2.57 bits per heavy atom. The van der Waals surface area contributed by atoms with Crippen LogP contribution in [0.25, 0.3) is 0 Å². The lowest BCUT2D eigenvalue weighted by Gasteiger charge is -2.63. The molecule has 4 saturated carbocycles. The fourth-order valence-electron chi connectivity index (χ4n) is 7.42. The van der Waals surface area contributed by atoms with E-state index in [4.69, 9.17) is 0 Å². The van der Waals surface area contributed by atoms with Gasteiger partial charge < -0.3 is 10.2 Å². The molecule has 130 valence electrons. The van der Waals surface area contributed by atoms with E-state index < -0.39 is 5.60 Å². The fraction of sp³-hybridized carbons (Fsp3) is 0.950. The number of aliphatic hydroxyl groups excluding tert-OH is 1. The van der Waals surface area contributed by atoms with Crippen LogP contribution in [-0.4, -0.2) is 28.2 Å². The highest BCUT2D eigenvalue weighted by Crippen LogP contribution is 2.68. The minimum absolute atomic E-state index is 0.114. The molecule has 0 aromatic rings. The second-order valence-electron chi connectivity index (χ2n) is 9.53. The van der Waals surface area contributed by atoms with Crippen LogP contribution < -0.4 is 0 Å². The fourth-order valence-corrected chi connectivity index (χ4v) is 7.42. The second kappa shape index (κ2) is 5.05. The Bertz CT molecular complexity index is 517. The number of Topliss-reactive ketones (excluding diaryl/α,β-unsaturated/α-hetero) is 1. The smallest absolute Gasteiger partial charge is 0.133 e. The van der Waals surface area contributed by atoms with Crippen molar-refractivity contribution in [2.24, 2.45) is 34.5 Å². The van der Waals surface area contributed by atoms with E-state index in [0.717, 1.165) is 51.4 Å². The van der Waals surface area contributed by atoms with Gasteiger partial charge in [0.1, 0.15) is 5.78 Å². The molecule has 0 spiro atoms. The lowest BCUT2D eigenvalue weighted by Crippen LogP contribution is -2.62. The monoisotopic (exact) mass is 320 g/mol. The number of ketones is 1. The van der Waals surface area contributed by atoms with E-state index in [1.54, 1.807) is 0 Å². The van der Waals surface area contributed by atoms with Crippen molar-refractivity contribution in [3.8, 4) is 0 Å². The summed E-state index contributed by atoms with van der Waals surface area (Å²) in [5, 5.41) is 21.5. The third-order valence-electron chi connectivity index (χ3n) is 9.08. The summed E-state index contributed by atoms with van der Waals surface area (Å²) in [6.45, 7) is 4.85. The Kier molecular flexibility index (Phi) is 3.53. The van der Waals surface area contributed by atoms with Crippen LogP contribution in [0.2, 0.25) is 0 Å². The molecule has 0 amide bonds. The van der Waals surface area contributed by atoms with E-state index in [1.165, 1.54) is 6.42 Å². The predicted molar refractivity (Wildman–Crippen MR) is 88.8 cm³/mol. The van der Waals surface area contributed by atoms with Gasteiger partial charge in [-0.15, -0.1) is 0 Å². The van der Waals surface area contributed by atoms with Crippen molar-refractivity contribution in [1.82, 2.24) is 0 Å². The number of hydrogen-bond donors (Lipinski definition) is 2. The topological polar surface area (TPSA) is 57.5 Å². The Balaban J connectivity index is 1.68. The van der Waals surface area contributed by atoms with Crippen molar-refractivity contribution in [2.75, 3.05) is 6.61 Å². The van der Waals surface area contributed by atoms with E-state index in [9.17, 15) is 15.0 Å². The predicted octanol–water partition coefficient (Wildman–Crippen LogP) is 3.32. The van der Waals surface area contributed by atoms with E-state index >= 15 is 0 Å². The normalized spacial score (nSPS) is 55.9. The molecule has 0 aromatic heterocycles. The summed E-state index contributed by atoms with van der Waals surface area (Å²) in [7, 11) is 0. The van der Waals surface area contributed by atoms with Gasteiger partial charge in [0.15, 0.2) is 0 Å². The number of rotatable bonds is 1. The van der Waals surface area contributed by atoms with Crippen LogP contribution in [0.3, 0.4) is 0 Å². The van der Waals surface area contributed by atoms with Crippen LogP contribution in [0.5, 0.6) is 0 Å². The summed E-state index contributed by atoms with van der Waals surface area (Å²) in [6.07, 6.45) is 8.73. The highest BCUT2D eigenvalue weighted by molar-refractivity contribution is 5.79. The molecule has 4 fully saturated rings. The van der Waals surface area contributed by atoms with Crippen molar-refractivity contribution in [3.63, 3.8) is 0 Å². The van der Waals surface area contributed by atoms with E-state index in [1.807, 2.05) is 0 Å². The molecule has 23 heavy (non-hydrogen) atoms. The van der Waals surface area contributed by atoms with Crippen LogP contribution in [-0.2, 0) is 4.79 Å². The van der Waals surface area contributed by atoms with Gasteiger partial charge >= 0.3 is 0 Å². The standard InChI is InChI=1S/C20H32O3/c1-18-8-6-15(22)11-13(18)3-4-17-16(18)7-9-19(2)14(12-21)5-10-20(17,19)23/h13-14,16-17,21,23H,3-12H2,1-2H3/t13-,14-,16+,17-,18+,19-,20+/m1/s1. The maximum Gasteiger partial charge on any atom is 0.133 e. The third-order valence-corrected chi connectivity index (χ3v) is 9.08. The Morgan fingerprint density at radius 2 is 1.83 bits per heavy atom. The van der Waals surface area contributed by atoms with Gasteiger partial charge in [-0.3, -0.25) is 4.79 Å². The van der Waals surface area contributed by atoms with Gasteiger partial charge in [-0.1, -0.05) is 13.8 Å². The van der Waals surface area contributed by atoms with Crippen LogP contribution >= 0.6 is 0 Å². The molecule has 3 nitrogen and oxygen atoms in total. The quantitative estimate of drug-likeness (QED) is 0.779. The molecule has 0 radical (unpaired) electrons. The molecular weight excluding hydrogens is 288 g/mol. The SMILES string of the molecule is C[C@]12CCC(=O)C[C@H]1CC[C@@H]1[C@@H]2CC[C@]2(C)[C@@H](CO)CC[C@]12O. The average Bonchev–Trinajstić information content (AvgIpc) is 2.79. The van der Waals surface area contributed by atoms with E-state index in [0.29, 0.717) is 23.5 Å². The van der Waals surface area contributed by atoms with Crippen LogP contribution in [0.15, 0.2) is 0 Å². The molecule has 7 atom stereocenters. The van der Waals surface area contributed by atoms with Crippen molar-refractivity contribution in [3.05, 3.63) is 0 Å². The highest BCUT2D eigenvalue weighted by Gasteiger charge is 2.66. The minimum Gasteiger partial charge on any atom is -0.396 e. The Hall–Kier alpha value is -0.410. The lowest BCUT2D eigenvalue weighted by molar-refractivity contribution is -0.207. The first-order chi connectivity index (χ1) is 10.8. The molecule has 0 saturated heterocycles. The number of carbonyl (C=O) groups is 1. The molecule has 2 N–H and O–H groups in total. The van der Waals surface area contributed by atoms with Gasteiger partial charge in [0.25, 0.3) is 0 Å².